The number of aromatic nitrogens is 2. The number of hydrogen-bond donors (Lipinski definition) is 1. The van der Waals surface area contributed by atoms with Crippen LogP contribution in [-0.4, -0.2) is 15.8 Å². The van der Waals surface area contributed by atoms with E-state index < -0.39 is 11.7 Å². The van der Waals surface area contributed by atoms with Crippen LogP contribution in [0.4, 0.5) is 23.4 Å². The van der Waals surface area contributed by atoms with Gasteiger partial charge in [-0.25, -0.2) is 14.4 Å². The minimum Gasteiger partial charge on any atom is -0.324 e. The molecule has 0 amide bonds. The summed E-state index contributed by atoms with van der Waals surface area (Å²) < 4.78 is 55.5. The number of nitrogens with one attached hydrogen (secondary N) is 1. The largest absolute Gasteiger partial charge is 0.417 e. The molecule has 1 N–H and O–H groups in total. The average Bonchev–Trinajstić information content (AvgIpc) is 3.17. The van der Waals surface area contributed by atoms with Gasteiger partial charge in [-0.15, -0.1) is 0 Å². The quantitative estimate of drug-likeness (QED) is 0.460. The Morgan fingerprint density at radius 1 is 0.970 bits per heavy atom. The third kappa shape index (κ3) is 3.87. The van der Waals surface area contributed by atoms with Gasteiger partial charge in [0.25, 0.3) is 0 Å². The number of benzene rings is 2. The van der Waals surface area contributed by atoms with E-state index in [9.17, 15) is 17.6 Å². The van der Waals surface area contributed by atoms with E-state index in [1.165, 1.54) is 18.2 Å². The highest BCUT2D eigenvalue weighted by Crippen LogP contribution is 2.38. The molecule has 0 saturated carbocycles. The normalized spacial score (nSPS) is 17.4. The number of fused-ring (bicyclic) bond motifs is 2. The van der Waals surface area contributed by atoms with Crippen molar-refractivity contribution in [2.24, 2.45) is 4.99 Å². The minimum atomic E-state index is -4.52. The maximum absolute atomic E-state index is 14.5. The fourth-order valence-electron chi connectivity index (χ4n) is 4.62. The molecule has 3 aromatic rings. The lowest BCUT2D eigenvalue weighted by molar-refractivity contribution is -0.137. The first-order chi connectivity index (χ1) is 15.9. The topological polar surface area (TPSA) is 50.2 Å². The van der Waals surface area contributed by atoms with E-state index in [1.807, 2.05) is 6.92 Å². The van der Waals surface area contributed by atoms with E-state index >= 15 is 0 Å². The standard InChI is InChI=1S/C25H22F4N4/c1-2-19-21-16(10-7-12-18(21)26)24(30-19)33-23-15-9-4-6-13-20(15)31-22(32-23)14-8-3-5-11-17(14)25(27,28)29/h3,5,7-8,10-12,19H,2,4,6,9,13H2,1H3,(H,30,31,32,33). The van der Waals surface area contributed by atoms with Gasteiger partial charge in [0.15, 0.2) is 5.82 Å². The predicted molar refractivity (Wildman–Crippen MR) is 119 cm³/mol. The van der Waals surface area contributed by atoms with Gasteiger partial charge in [-0.05, 0) is 44.2 Å². The molecule has 2 heterocycles. The zero-order chi connectivity index (χ0) is 23.2. The van der Waals surface area contributed by atoms with Crippen molar-refractivity contribution in [3.63, 3.8) is 0 Å². The minimum absolute atomic E-state index is 0.0242. The molecule has 1 aliphatic carbocycles. The Morgan fingerprint density at radius 3 is 2.52 bits per heavy atom. The van der Waals surface area contributed by atoms with Crippen LogP contribution in [0.1, 0.15) is 60.2 Å². The van der Waals surface area contributed by atoms with E-state index in [4.69, 9.17) is 0 Å². The number of hydrogen-bond acceptors (Lipinski definition) is 4. The first kappa shape index (κ1) is 21.6. The van der Waals surface area contributed by atoms with Gasteiger partial charge in [0.2, 0.25) is 0 Å². The van der Waals surface area contributed by atoms with Gasteiger partial charge in [0, 0.05) is 27.9 Å². The van der Waals surface area contributed by atoms with Crippen molar-refractivity contribution in [2.45, 2.75) is 51.2 Å². The van der Waals surface area contributed by atoms with E-state index in [1.54, 1.807) is 18.2 Å². The second-order valence-electron chi connectivity index (χ2n) is 8.30. The lowest BCUT2D eigenvalue weighted by Crippen LogP contribution is -2.19. The molecule has 0 fully saturated rings. The molecule has 0 saturated heterocycles. The number of aliphatic imine (C=N–C) groups is 1. The maximum Gasteiger partial charge on any atom is 0.417 e. The molecule has 33 heavy (non-hydrogen) atoms. The van der Waals surface area contributed by atoms with Crippen LogP contribution in [0.2, 0.25) is 0 Å². The summed E-state index contributed by atoms with van der Waals surface area (Å²) in [6, 6.07) is 9.86. The van der Waals surface area contributed by atoms with Crippen LogP contribution in [0.15, 0.2) is 47.5 Å². The molecular formula is C25H22F4N4. The monoisotopic (exact) mass is 454 g/mol. The number of rotatable bonds is 3. The highest BCUT2D eigenvalue weighted by atomic mass is 19.4. The van der Waals surface area contributed by atoms with Crippen LogP contribution in [-0.2, 0) is 19.0 Å². The summed E-state index contributed by atoms with van der Waals surface area (Å²) in [4.78, 5) is 13.7. The molecule has 5 rings (SSSR count). The average molecular weight is 454 g/mol. The van der Waals surface area contributed by atoms with Gasteiger partial charge < -0.3 is 5.32 Å². The van der Waals surface area contributed by atoms with Crippen molar-refractivity contribution in [3.8, 4) is 11.4 Å². The third-order valence-corrected chi connectivity index (χ3v) is 6.21. The van der Waals surface area contributed by atoms with Crippen LogP contribution in [0.5, 0.6) is 0 Å². The molecule has 1 aliphatic heterocycles. The second-order valence-corrected chi connectivity index (χ2v) is 8.30. The van der Waals surface area contributed by atoms with E-state index in [2.05, 4.69) is 20.3 Å². The zero-order valence-electron chi connectivity index (χ0n) is 18.0. The number of nitrogens with zero attached hydrogens (tertiary/aromatic N) is 3. The van der Waals surface area contributed by atoms with Crippen molar-refractivity contribution in [1.82, 2.24) is 9.97 Å². The lowest BCUT2D eigenvalue weighted by atomic mass is 9.95. The van der Waals surface area contributed by atoms with E-state index in [0.717, 1.165) is 36.6 Å². The van der Waals surface area contributed by atoms with E-state index in [-0.39, 0.29) is 23.2 Å². The van der Waals surface area contributed by atoms with Gasteiger partial charge in [-0.2, -0.15) is 13.2 Å². The van der Waals surface area contributed by atoms with Crippen LogP contribution < -0.4 is 5.32 Å². The Hall–Kier alpha value is -3.29. The van der Waals surface area contributed by atoms with Crippen molar-refractivity contribution in [2.75, 3.05) is 5.32 Å². The zero-order valence-corrected chi connectivity index (χ0v) is 18.0. The summed E-state index contributed by atoms with van der Waals surface area (Å²) in [5.74, 6) is 0.635. The summed E-state index contributed by atoms with van der Waals surface area (Å²) >= 11 is 0. The third-order valence-electron chi connectivity index (χ3n) is 6.21. The van der Waals surface area contributed by atoms with Gasteiger partial charge in [0.05, 0.1) is 11.6 Å². The molecule has 1 atom stereocenters. The summed E-state index contributed by atoms with van der Waals surface area (Å²) in [5, 5.41) is 3.24. The van der Waals surface area contributed by atoms with E-state index in [0.29, 0.717) is 35.6 Å². The maximum atomic E-state index is 14.5. The smallest absolute Gasteiger partial charge is 0.324 e. The lowest BCUT2D eigenvalue weighted by Gasteiger charge is -2.21. The molecule has 2 aliphatic rings. The van der Waals surface area contributed by atoms with Gasteiger partial charge in [-0.1, -0.05) is 37.3 Å². The molecule has 0 radical (unpaired) electrons. The molecule has 0 spiro atoms. The first-order valence-corrected chi connectivity index (χ1v) is 11.1. The summed E-state index contributed by atoms with van der Waals surface area (Å²) in [5.41, 5.74) is 1.98. The SMILES string of the molecule is CCC1N=C(Nc2nc(-c3ccccc3C(F)(F)F)nc3c2CCCC3)c2cccc(F)c21. The van der Waals surface area contributed by atoms with Gasteiger partial charge in [0.1, 0.15) is 17.5 Å². The Kier molecular flexibility index (Phi) is 5.38. The Balaban J connectivity index is 1.63. The Morgan fingerprint density at radius 2 is 1.73 bits per heavy atom. The first-order valence-electron chi connectivity index (χ1n) is 11.1. The molecule has 1 aromatic heterocycles. The van der Waals surface area contributed by atoms with Crippen molar-refractivity contribution in [1.29, 1.82) is 0 Å². The number of alkyl halides is 3. The number of halogens is 4. The van der Waals surface area contributed by atoms with Crippen molar-refractivity contribution in [3.05, 3.63) is 76.2 Å². The van der Waals surface area contributed by atoms with Crippen LogP contribution in [0, 0.1) is 5.82 Å². The Bertz CT molecular complexity index is 1250. The number of amidine groups is 1. The summed E-state index contributed by atoms with van der Waals surface area (Å²) in [6.45, 7) is 1.94. The van der Waals surface area contributed by atoms with Crippen LogP contribution in [0.25, 0.3) is 11.4 Å². The number of anilines is 1. The molecular weight excluding hydrogens is 432 g/mol. The second kappa shape index (κ2) is 8.24. The molecule has 0 bridgehead atoms. The van der Waals surface area contributed by atoms with Crippen molar-refractivity contribution >= 4 is 11.7 Å². The molecule has 8 heteroatoms. The fraction of sp³-hybridized carbons (Fsp3) is 0.320. The predicted octanol–water partition coefficient (Wildman–Crippen LogP) is 6.50. The summed E-state index contributed by atoms with van der Waals surface area (Å²) in [6.07, 6.45) is -0.646. The van der Waals surface area contributed by atoms with Crippen LogP contribution >= 0.6 is 0 Å². The Labute approximate surface area is 188 Å². The summed E-state index contributed by atoms with van der Waals surface area (Å²) in [7, 11) is 0. The van der Waals surface area contributed by atoms with Crippen molar-refractivity contribution < 1.29 is 17.6 Å². The highest BCUT2D eigenvalue weighted by molar-refractivity contribution is 6.11. The molecule has 4 nitrogen and oxygen atoms in total. The van der Waals surface area contributed by atoms with Gasteiger partial charge in [-0.3, -0.25) is 4.99 Å². The molecule has 170 valence electrons. The molecule has 2 aromatic carbocycles. The van der Waals surface area contributed by atoms with Crippen LogP contribution in [0.3, 0.4) is 0 Å². The number of aryl methyl sites for hydroxylation is 1. The fourth-order valence-corrected chi connectivity index (χ4v) is 4.62. The molecule has 1 unspecified atom stereocenters. The highest BCUT2D eigenvalue weighted by Gasteiger charge is 2.35. The van der Waals surface area contributed by atoms with Gasteiger partial charge >= 0.3 is 6.18 Å².